The Hall–Kier alpha value is -2.36. The quantitative estimate of drug-likeness (QED) is 0.601. The van der Waals surface area contributed by atoms with Crippen LogP contribution in [-0.2, 0) is 4.79 Å². The number of carbonyl (C=O) groups is 1. The lowest BCUT2D eigenvalue weighted by Gasteiger charge is -2.22. The Morgan fingerprint density at radius 3 is 2.67 bits per heavy atom. The Balaban J connectivity index is 3.02. The Kier molecular flexibility index (Phi) is 6.95. The van der Waals surface area contributed by atoms with Gasteiger partial charge in [0.2, 0.25) is 5.91 Å². The maximum atomic E-state index is 11.5. The van der Waals surface area contributed by atoms with Crippen LogP contribution in [0, 0.1) is 0 Å². The van der Waals surface area contributed by atoms with Gasteiger partial charge < -0.3 is 10.6 Å². The molecule has 0 aliphatic carbocycles. The number of nitrogens with zero attached hydrogens (tertiary/aromatic N) is 1. The predicted octanol–water partition coefficient (Wildman–Crippen LogP) is 3.34. The van der Waals surface area contributed by atoms with Crippen molar-refractivity contribution < 1.29 is 4.79 Å². The van der Waals surface area contributed by atoms with E-state index in [2.05, 4.69) is 22.2 Å². The van der Waals surface area contributed by atoms with Crippen LogP contribution in [0.1, 0.15) is 33.6 Å². The molecule has 0 aromatic carbocycles. The summed E-state index contributed by atoms with van der Waals surface area (Å²) in [5.41, 5.74) is 3.75. The largest absolute Gasteiger partial charge is 0.355 e. The van der Waals surface area contributed by atoms with Crippen molar-refractivity contribution in [1.29, 1.82) is 0 Å². The number of allylic oxidation sites excluding steroid dienone is 5. The van der Waals surface area contributed by atoms with Crippen molar-refractivity contribution in [2.45, 2.75) is 33.6 Å². The van der Waals surface area contributed by atoms with Crippen molar-refractivity contribution >= 4 is 12.1 Å². The van der Waals surface area contributed by atoms with Gasteiger partial charge in [-0.3, -0.25) is 9.79 Å². The highest BCUT2D eigenvalue weighted by Crippen LogP contribution is 2.23. The van der Waals surface area contributed by atoms with Gasteiger partial charge in [0.25, 0.3) is 0 Å². The van der Waals surface area contributed by atoms with Crippen molar-refractivity contribution in [1.82, 2.24) is 10.6 Å². The number of nitrogens with one attached hydrogen (secondary N) is 2. The fourth-order valence-corrected chi connectivity index (χ4v) is 2.01. The third-order valence-electron chi connectivity index (χ3n) is 3.10. The molecule has 4 nitrogen and oxygen atoms in total. The molecule has 4 heteroatoms. The molecule has 0 aromatic heterocycles. The van der Waals surface area contributed by atoms with Crippen molar-refractivity contribution in [3.05, 3.63) is 59.7 Å². The summed E-state index contributed by atoms with van der Waals surface area (Å²) in [6.45, 7) is 9.60. The number of piperidine rings is 1. The van der Waals surface area contributed by atoms with Gasteiger partial charge in [-0.1, -0.05) is 18.7 Å². The van der Waals surface area contributed by atoms with Crippen LogP contribution in [0.5, 0.6) is 0 Å². The summed E-state index contributed by atoms with van der Waals surface area (Å²) in [6, 6.07) is 0. The van der Waals surface area contributed by atoms with Crippen LogP contribution in [0.25, 0.3) is 0 Å². The van der Waals surface area contributed by atoms with Crippen molar-refractivity contribution in [2.75, 3.05) is 0 Å². The first-order valence-electron chi connectivity index (χ1n) is 7.06. The van der Waals surface area contributed by atoms with E-state index in [4.69, 9.17) is 0 Å². The Morgan fingerprint density at radius 1 is 1.33 bits per heavy atom. The Morgan fingerprint density at radius 2 is 2.10 bits per heavy atom. The van der Waals surface area contributed by atoms with Gasteiger partial charge in [-0.15, -0.1) is 0 Å². The van der Waals surface area contributed by atoms with Crippen LogP contribution in [0.15, 0.2) is 64.7 Å². The van der Waals surface area contributed by atoms with E-state index in [0.29, 0.717) is 12.8 Å². The molecule has 21 heavy (non-hydrogen) atoms. The van der Waals surface area contributed by atoms with Gasteiger partial charge in [-0.25, -0.2) is 0 Å². The second-order valence-electron chi connectivity index (χ2n) is 4.44. The highest BCUT2D eigenvalue weighted by Gasteiger charge is 2.19. The van der Waals surface area contributed by atoms with Gasteiger partial charge in [-0.2, -0.15) is 0 Å². The lowest BCUT2D eigenvalue weighted by Crippen LogP contribution is -2.30. The first-order chi connectivity index (χ1) is 10.2. The number of carbonyl (C=O) groups excluding carboxylic acids is 1. The number of amides is 1. The zero-order valence-corrected chi connectivity index (χ0v) is 12.9. The molecule has 112 valence electrons. The van der Waals surface area contributed by atoms with Crippen molar-refractivity contribution in [2.24, 2.45) is 4.99 Å². The van der Waals surface area contributed by atoms with E-state index in [9.17, 15) is 4.79 Å². The SMILES string of the molecule is C=C/C(NC(/C=C\N=CC)=C/C)=C1/CCC(=O)N/C1=C/C. The topological polar surface area (TPSA) is 53.5 Å². The molecule has 1 aliphatic heterocycles. The molecule has 0 radical (unpaired) electrons. The van der Waals surface area contributed by atoms with Gasteiger partial charge in [0.05, 0.1) is 0 Å². The molecule has 0 unspecified atom stereocenters. The molecule has 1 rings (SSSR count). The standard InChI is InChI=1S/C17H23N3O/c1-5-13(11-12-18-8-4)19-15(6-2)14-9-10-17(21)20-16(14)7-3/h5-8,11-12,19H,2,9-10H2,1,3-4H3,(H,20,21)/b12-11-,13-5+,15-14+,16-7+,18-8?. The molecule has 1 saturated heterocycles. The van der Waals surface area contributed by atoms with E-state index in [1.807, 2.05) is 39.0 Å². The maximum absolute atomic E-state index is 11.5. The van der Waals surface area contributed by atoms with E-state index in [1.165, 1.54) is 0 Å². The van der Waals surface area contributed by atoms with Gasteiger partial charge >= 0.3 is 0 Å². The molecule has 1 amide bonds. The average molecular weight is 285 g/mol. The molecule has 1 fully saturated rings. The Bertz CT molecular complexity index is 548. The minimum atomic E-state index is 0.0544. The summed E-state index contributed by atoms with van der Waals surface area (Å²) in [4.78, 5) is 15.5. The fraction of sp³-hybridized carbons (Fsp3) is 0.294. The molecule has 2 N–H and O–H groups in total. The first kappa shape index (κ1) is 16.7. The molecule has 0 spiro atoms. The van der Waals surface area contributed by atoms with Gasteiger partial charge in [-0.05, 0) is 44.9 Å². The first-order valence-corrected chi connectivity index (χ1v) is 7.06. The minimum Gasteiger partial charge on any atom is -0.355 e. The zero-order valence-electron chi connectivity index (χ0n) is 12.9. The lowest BCUT2D eigenvalue weighted by atomic mass is 9.99. The second-order valence-corrected chi connectivity index (χ2v) is 4.44. The van der Waals surface area contributed by atoms with Crippen LogP contribution in [0.3, 0.4) is 0 Å². The van der Waals surface area contributed by atoms with E-state index < -0.39 is 0 Å². The molecule has 1 heterocycles. The highest BCUT2D eigenvalue weighted by molar-refractivity contribution is 5.81. The molecular formula is C17H23N3O. The molecule has 0 saturated carbocycles. The fourth-order valence-electron chi connectivity index (χ4n) is 2.01. The smallest absolute Gasteiger partial charge is 0.224 e. The van der Waals surface area contributed by atoms with Gasteiger partial charge in [0, 0.05) is 35.9 Å². The summed E-state index contributed by atoms with van der Waals surface area (Å²) >= 11 is 0. The van der Waals surface area contributed by atoms with Crippen LogP contribution < -0.4 is 10.6 Å². The third kappa shape index (κ3) is 4.91. The van der Waals surface area contributed by atoms with Crippen LogP contribution in [0.4, 0.5) is 0 Å². The predicted molar refractivity (Wildman–Crippen MR) is 88.6 cm³/mol. The summed E-state index contributed by atoms with van der Waals surface area (Å²) < 4.78 is 0. The van der Waals surface area contributed by atoms with Crippen molar-refractivity contribution in [3.63, 3.8) is 0 Å². The summed E-state index contributed by atoms with van der Waals surface area (Å²) in [7, 11) is 0. The van der Waals surface area contributed by atoms with Crippen LogP contribution in [-0.4, -0.2) is 12.1 Å². The van der Waals surface area contributed by atoms with Gasteiger partial charge in [0.1, 0.15) is 0 Å². The number of rotatable bonds is 5. The minimum absolute atomic E-state index is 0.0544. The number of hydrogen-bond acceptors (Lipinski definition) is 3. The summed E-state index contributed by atoms with van der Waals surface area (Å²) in [5, 5.41) is 6.22. The van der Waals surface area contributed by atoms with Crippen LogP contribution in [0.2, 0.25) is 0 Å². The second kappa shape index (κ2) is 8.74. The van der Waals surface area contributed by atoms with Crippen molar-refractivity contribution in [3.8, 4) is 0 Å². The van der Waals surface area contributed by atoms with Crippen LogP contribution >= 0.6 is 0 Å². The monoisotopic (exact) mass is 285 g/mol. The van der Waals surface area contributed by atoms with Gasteiger partial charge in [0.15, 0.2) is 0 Å². The third-order valence-corrected chi connectivity index (χ3v) is 3.10. The number of hydrogen-bond donors (Lipinski definition) is 2. The Labute approximate surface area is 126 Å². The zero-order chi connectivity index (χ0) is 15.7. The summed E-state index contributed by atoms with van der Waals surface area (Å²) in [5.74, 6) is 0.0544. The molecule has 0 atom stereocenters. The lowest BCUT2D eigenvalue weighted by molar-refractivity contribution is -0.120. The average Bonchev–Trinajstić information content (AvgIpc) is 2.51. The molecular weight excluding hydrogens is 262 g/mol. The van der Waals surface area contributed by atoms with E-state index >= 15 is 0 Å². The normalized spacial score (nSPS) is 21.0. The number of aliphatic imine (C=N–C) groups is 1. The van der Waals surface area contributed by atoms with E-state index in [0.717, 1.165) is 22.7 Å². The van der Waals surface area contributed by atoms with E-state index in [-0.39, 0.29) is 5.91 Å². The molecule has 0 aromatic rings. The van der Waals surface area contributed by atoms with E-state index in [1.54, 1.807) is 18.5 Å². The highest BCUT2D eigenvalue weighted by atomic mass is 16.1. The summed E-state index contributed by atoms with van der Waals surface area (Å²) in [6.07, 6.45) is 12.2. The molecule has 1 aliphatic rings. The molecule has 0 bridgehead atoms. The maximum Gasteiger partial charge on any atom is 0.224 e.